The molecule has 0 saturated carbocycles. The predicted molar refractivity (Wildman–Crippen MR) is 78.5 cm³/mol. The lowest BCUT2D eigenvalue weighted by atomic mass is 10.0. The Kier molecular flexibility index (Phi) is 4.96. The van der Waals surface area contributed by atoms with Gasteiger partial charge < -0.3 is 11.1 Å². The summed E-state index contributed by atoms with van der Waals surface area (Å²) in [5.41, 5.74) is 2.76. The van der Waals surface area contributed by atoms with E-state index in [9.17, 15) is 31.1 Å². The van der Waals surface area contributed by atoms with Crippen molar-refractivity contribution in [3.63, 3.8) is 0 Å². The molecular weight excluding hydrogens is 350 g/mol. The fourth-order valence-corrected chi connectivity index (χ4v) is 2.09. The summed E-state index contributed by atoms with van der Waals surface area (Å²) in [5, 5.41) is 2.27. The van der Waals surface area contributed by atoms with Gasteiger partial charge in [-0.25, -0.2) is 0 Å². The quantitative estimate of drug-likeness (QED) is 0.634. The summed E-state index contributed by atoms with van der Waals surface area (Å²) in [5.74, 6) is -0.668. The summed E-state index contributed by atoms with van der Waals surface area (Å²) < 4.78 is 76.7. The number of benzene rings is 2. The van der Waals surface area contributed by atoms with Gasteiger partial charge in [-0.3, -0.25) is 4.79 Å². The molecule has 2 rings (SSSR count). The van der Waals surface area contributed by atoms with Crippen LogP contribution in [0.4, 0.5) is 32.0 Å². The molecule has 0 heterocycles. The Morgan fingerprint density at radius 3 is 1.96 bits per heavy atom. The van der Waals surface area contributed by atoms with E-state index in [1.165, 1.54) is 24.3 Å². The first kappa shape index (κ1) is 18.6. The zero-order chi connectivity index (χ0) is 18.8. The number of halogens is 6. The van der Waals surface area contributed by atoms with E-state index in [1.807, 2.05) is 0 Å². The number of alkyl halides is 6. The highest BCUT2D eigenvalue weighted by atomic mass is 19.4. The van der Waals surface area contributed by atoms with Crippen molar-refractivity contribution in [2.24, 2.45) is 0 Å². The molecule has 3 nitrogen and oxygen atoms in total. The van der Waals surface area contributed by atoms with Gasteiger partial charge in [0.05, 0.1) is 11.1 Å². The normalized spacial score (nSPS) is 12.1. The molecular formula is C16H12F6N2O. The van der Waals surface area contributed by atoms with Gasteiger partial charge >= 0.3 is 12.4 Å². The third kappa shape index (κ3) is 4.88. The molecule has 2 aromatic rings. The van der Waals surface area contributed by atoms with Crippen LogP contribution in [-0.2, 0) is 18.9 Å². The van der Waals surface area contributed by atoms with Crippen LogP contribution < -0.4 is 11.1 Å². The van der Waals surface area contributed by atoms with Crippen LogP contribution in [0.15, 0.2) is 42.5 Å². The van der Waals surface area contributed by atoms with Crippen LogP contribution in [0.25, 0.3) is 0 Å². The van der Waals surface area contributed by atoms with Gasteiger partial charge in [-0.1, -0.05) is 6.07 Å². The van der Waals surface area contributed by atoms with Crippen molar-refractivity contribution >= 4 is 11.6 Å². The molecule has 0 fully saturated rings. The minimum Gasteiger partial charge on any atom is -0.399 e. The van der Waals surface area contributed by atoms with Gasteiger partial charge in [-0.05, 0) is 42.0 Å². The Morgan fingerprint density at radius 1 is 0.920 bits per heavy atom. The van der Waals surface area contributed by atoms with Crippen molar-refractivity contribution in [2.45, 2.75) is 18.9 Å². The fourth-order valence-electron chi connectivity index (χ4n) is 2.09. The van der Waals surface area contributed by atoms with Crippen LogP contribution >= 0.6 is 0 Å². The molecule has 0 saturated heterocycles. The van der Waals surface area contributed by atoms with E-state index in [4.69, 9.17) is 5.73 Å². The van der Waals surface area contributed by atoms with Gasteiger partial charge in [0.25, 0.3) is 5.91 Å². The lowest BCUT2D eigenvalue weighted by Crippen LogP contribution is -2.23. The second kappa shape index (κ2) is 6.66. The molecule has 3 N–H and O–H groups in total. The van der Waals surface area contributed by atoms with E-state index < -0.39 is 35.9 Å². The van der Waals surface area contributed by atoms with Gasteiger partial charge in [-0.2, -0.15) is 26.3 Å². The maximum absolute atomic E-state index is 12.8. The number of hydrogen-bond donors (Lipinski definition) is 2. The highest BCUT2D eigenvalue weighted by Crippen LogP contribution is 2.36. The molecule has 0 bridgehead atoms. The summed E-state index contributed by atoms with van der Waals surface area (Å²) in [6.07, 6.45) is -9.87. The number of carbonyl (C=O) groups excluding carboxylic acids is 1. The number of nitrogen functional groups attached to an aromatic ring is 1. The molecule has 2 aromatic carbocycles. The topological polar surface area (TPSA) is 55.1 Å². The summed E-state index contributed by atoms with van der Waals surface area (Å²) in [7, 11) is 0. The highest BCUT2D eigenvalue weighted by molar-refractivity contribution is 5.94. The number of carbonyl (C=O) groups is 1. The maximum atomic E-state index is 12.8. The molecule has 25 heavy (non-hydrogen) atoms. The van der Waals surface area contributed by atoms with E-state index in [0.29, 0.717) is 17.8 Å². The third-order valence-electron chi connectivity index (χ3n) is 3.25. The van der Waals surface area contributed by atoms with E-state index in [1.54, 1.807) is 0 Å². The monoisotopic (exact) mass is 362 g/mol. The molecule has 0 aliphatic carbocycles. The molecule has 9 heteroatoms. The lowest BCUT2D eigenvalue weighted by Gasteiger charge is -2.14. The van der Waals surface area contributed by atoms with Crippen molar-refractivity contribution in [1.82, 2.24) is 5.32 Å². The Bertz CT molecular complexity index is 751. The van der Waals surface area contributed by atoms with E-state index in [-0.39, 0.29) is 17.2 Å². The Morgan fingerprint density at radius 2 is 1.48 bits per heavy atom. The van der Waals surface area contributed by atoms with Crippen LogP contribution in [0, 0.1) is 0 Å². The van der Waals surface area contributed by atoms with Crippen molar-refractivity contribution < 1.29 is 31.1 Å². The van der Waals surface area contributed by atoms with Crippen LogP contribution in [0.1, 0.15) is 27.0 Å². The number of hydrogen-bond acceptors (Lipinski definition) is 2. The fraction of sp³-hybridized carbons (Fsp3) is 0.188. The second-order valence-electron chi connectivity index (χ2n) is 5.22. The minimum atomic E-state index is -4.94. The molecule has 0 atom stereocenters. The molecule has 1 amide bonds. The molecule has 0 aliphatic heterocycles. The number of nitrogens with two attached hydrogens (primary N) is 1. The number of amides is 1. The average molecular weight is 362 g/mol. The lowest BCUT2D eigenvalue weighted by molar-refractivity contribution is -0.143. The van der Waals surface area contributed by atoms with E-state index in [0.717, 1.165) is 0 Å². The van der Waals surface area contributed by atoms with Gasteiger partial charge in [0.15, 0.2) is 0 Å². The minimum absolute atomic E-state index is 0.0310. The Balaban J connectivity index is 2.25. The zero-order valence-electron chi connectivity index (χ0n) is 12.5. The van der Waals surface area contributed by atoms with Crippen LogP contribution in [0.3, 0.4) is 0 Å². The Labute approximate surface area is 138 Å². The summed E-state index contributed by atoms with van der Waals surface area (Å²) in [4.78, 5) is 11.9. The van der Waals surface area contributed by atoms with Crippen molar-refractivity contribution in [1.29, 1.82) is 0 Å². The van der Waals surface area contributed by atoms with Crippen LogP contribution in [0.2, 0.25) is 0 Å². The first-order valence-corrected chi connectivity index (χ1v) is 6.89. The zero-order valence-corrected chi connectivity index (χ0v) is 12.5. The molecule has 0 unspecified atom stereocenters. The smallest absolute Gasteiger partial charge is 0.399 e. The van der Waals surface area contributed by atoms with Gasteiger partial charge in [0.1, 0.15) is 0 Å². The molecule has 0 spiro atoms. The van der Waals surface area contributed by atoms with Crippen LogP contribution in [0.5, 0.6) is 0 Å². The number of anilines is 1. The van der Waals surface area contributed by atoms with Gasteiger partial charge in [0, 0.05) is 17.8 Å². The Hall–Kier alpha value is -2.71. The second-order valence-corrected chi connectivity index (χ2v) is 5.22. The predicted octanol–water partition coefficient (Wildman–Crippen LogP) is 4.24. The maximum Gasteiger partial charge on any atom is 0.416 e. The molecule has 0 radical (unpaired) electrons. The summed E-state index contributed by atoms with van der Waals surface area (Å²) in [6.45, 7) is -0.499. The highest BCUT2D eigenvalue weighted by Gasteiger charge is 2.36. The molecule has 0 aromatic heterocycles. The molecule has 0 aliphatic rings. The first-order valence-electron chi connectivity index (χ1n) is 6.89. The van der Waals surface area contributed by atoms with E-state index in [2.05, 4.69) is 5.32 Å². The largest absolute Gasteiger partial charge is 0.416 e. The average Bonchev–Trinajstić information content (AvgIpc) is 2.50. The standard InChI is InChI=1S/C16H12F6N2O/c17-15(18,19)11-4-9(5-12(7-11)16(20,21)22)8-24-14(25)10-2-1-3-13(23)6-10/h1-7H,8,23H2,(H,24,25). The number of rotatable bonds is 3. The summed E-state index contributed by atoms with van der Waals surface area (Å²) in [6, 6.07) is 6.93. The summed E-state index contributed by atoms with van der Waals surface area (Å²) >= 11 is 0. The SMILES string of the molecule is Nc1cccc(C(=O)NCc2cc(C(F)(F)F)cc(C(F)(F)F)c2)c1. The molecule has 134 valence electrons. The van der Waals surface area contributed by atoms with Crippen LogP contribution in [-0.4, -0.2) is 5.91 Å². The van der Waals surface area contributed by atoms with Crippen molar-refractivity contribution in [3.8, 4) is 0 Å². The number of nitrogens with one attached hydrogen (secondary N) is 1. The van der Waals surface area contributed by atoms with Crippen molar-refractivity contribution in [3.05, 3.63) is 64.7 Å². The van der Waals surface area contributed by atoms with Gasteiger partial charge in [-0.15, -0.1) is 0 Å². The third-order valence-corrected chi connectivity index (χ3v) is 3.25. The first-order chi connectivity index (χ1) is 11.5. The van der Waals surface area contributed by atoms with Crippen molar-refractivity contribution in [2.75, 3.05) is 5.73 Å². The van der Waals surface area contributed by atoms with Gasteiger partial charge in [0.2, 0.25) is 0 Å². The van der Waals surface area contributed by atoms with E-state index >= 15 is 0 Å².